The molecule has 1 N–H and O–H groups in total. The van der Waals surface area contributed by atoms with Gasteiger partial charge in [0.05, 0.1) is 17.7 Å². The molecule has 1 aliphatic carbocycles. The van der Waals surface area contributed by atoms with Gasteiger partial charge in [-0.15, -0.1) is 11.3 Å². The highest BCUT2D eigenvalue weighted by Crippen LogP contribution is 2.37. The van der Waals surface area contributed by atoms with Crippen molar-refractivity contribution >= 4 is 44.9 Å². The second-order valence-corrected chi connectivity index (χ2v) is 8.00. The highest BCUT2D eigenvalue weighted by atomic mass is 32.1. The Morgan fingerprint density at radius 3 is 2.78 bits per heavy atom. The SMILES string of the molecule is COc1cc2c(cc1NC(=O)c1cc3c(s1)CCCC3)oc1ccccc12. The number of amides is 1. The van der Waals surface area contributed by atoms with E-state index in [0.29, 0.717) is 11.4 Å². The van der Waals surface area contributed by atoms with Crippen LogP contribution in [0.4, 0.5) is 5.69 Å². The summed E-state index contributed by atoms with van der Waals surface area (Å²) in [5.74, 6) is 0.534. The number of hydrogen-bond acceptors (Lipinski definition) is 4. The lowest BCUT2D eigenvalue weighted by molar-refractivity contribution is 0.103. The predicted octanol–water partition coefficient (Wildman–Crippen LogP) is 5.79. The lowest BCUT2D eigenvalue weighted by Crippen LogP contribution is -2.11. The summed E-state index contributed by atoms with van der Waals surface area (Å²) in [6.07, 6.45) is 4.58. The fourth-order valence-corrected chi connectivity index (χ4v) is 4.95. The molecular weight excluding hydrogens is 358 g/mol. The normalized spacial score (nSPS) is 13.7. The van der Waals surface area contributed by atoms with Crippen molar-refractivity contribution < 1.29 is 13.9 Å². The average Bonchev–Trinajstić information content (AvgIpc) is 3.28. The minimum atomic E-state index is -0.0943. The van der Waals surface area contributed by atoms with Gasteiger partial charge < -0.3 is 14.5 Å². The topological polar surface area (TPSA) is 51.5 Å². The van der Waals surface area contributed by atoms with Crippen LogP contribution < -0.4 is 10.1 Å². The first-order valence-corrected chi connectivity index (χ1v) is 9.97. The third-order valence-electron chi connectivity index (χ3n) is 5.17. The summed E-state index contributed by atoms with van der Waals surface area (Å²) in [5, 5.41) is 5.03. The van der Waals surface area contributed by atoms with E-state index in [2.05, 4.69) is 5.32 Å². The number of carbonyl (C=O) groups is 1. The zero-order chi connectivity index (χ0) is 18.4. The number of carbonyl (C=O) groups excluding carboxylic acids is 1. The monoisotopic (exact) mass is 377 g/mol. The molecule has 0 atom stereocenters. The number of methoxy groups -OCH3 is 1. The van der Waals surface area contributed by atoms with E-state index in [4.69, 9.17) is 9.15 Å². The van der Waals surface area contributed by atoms with Gasteiger partial charge in [0, 0.05) is 21.7 Å². The van der Waals surface area contributed by atoms with E-state index in [1.165, 1.54) is 23.3 Å². The smallest absolute Gasteiger partial charge is 0.265 e. The van der Waals surface area contributed by atoms with E-state index in [-0.39, 0.29) is 5.91 Å². The zero-order valence-corrected chi connectivity index (χ0v) is 15.8. The summed E-state index contributed by atoms with van der Waals surface area (Å²) in [7, 11) is 1.61. The van der Waals surface area contributed by atoms with Gasteiger partial charge in [-0.3, -0.25) is 4.79 Å². The van der Waals surface area contributed by atoms with E-state index >= 15 is 0 Å². The molecule has 136 valence electrons. The van der Waals surface area contributed by atoms with Gasteiger partial charge in [0.25, 0.3) is 5.91 Å². The molecule has 2 aromatic carbocycles. The van der Waals surface area contributed by atoms with Crippen LogP contribution in [0.5, 0.6) is 5.75 Å². The van der Waals surface area contributed by atoms with Gasteiger partial charge in [-0.25, -0.2) is 0 Å². The zero-order valence-electron chi connectivity index (χ0n) is 15.0. The van der Waals surface area contributed by atoms with Gasteiger partial charge in [-0.2, -0.15) is 0 Å². The van der Waals surface area contributed by atoms with E-state index in [9.17, 15) is 4.79 Å². The van der Waals surface area contributed by atoms with Crippen LogP contribution in [0.3, 0.4) is 0 Å². The Morgan fingerprint density at radius 1 is 1.07 bits per heavy atom. The molecule has 0 fully saturated rings. The molecular formula is C22H19NO3S. The van der Waals surface area contributed by atoms with Gasteiger partial charge in [0.1, 0.15) is 16.9 Å². The molecule has 2 heterocycles. The molecule has 0 radical (unpaired) electrons. The molecule has 27 heavy (non-hydrogen) atoms. The molecule has 0 aliphatic heterocycles. The molecule has 0 unspecified atom stereocenters. The van der Waals surface area contributed by atoms with Crippen LogP contribution in [0.25, 0.3) is 21.9 Å². The maximum absolute atomic E-state index is 12.8. The summed E-state index contributed by atoms with van der Waals surface area (Å²) in [4.78, 5) is 14.9. The third kappa shape index (κ3) is 2.79. The van der Waals surface area contributed by atoms with Crippen molar-refractivity contribution in [3.8, 4) is 5.75 Å². The third-order valence-corrected chi connectivity index (χ3v) is 6.40. The molecule has 4 nitrogen and oxygen atoms in total. The van der Waals surface area contributed by atoms with E-state index in [0.717, 1.165) is 39.7 Å². The Morgan fingerprint density at radius 2 is 1.93 bits per heavy atom. The van der Waals surface area contributed by atoms with Gasteiger partial charge in [0.2, 0.25) is 0 Å². The first-order chi connectivity index (χ1) is 13.2. The highest BCUT2D eigenvalue weighted by Gasteiger charge is 2.19. The van der Waals surface area contributed by atoms with Crippen molar-refractivity contribution in [2.75, 3.05) is 12.4 Å². The second kappa shape index (κ2) is 6.43. The average molecular weight is 377 g/mol. The molecule has 0 saturated heterocycles. The quantitative estimate of drug-likeness (QED) is 0.492. The highest BCUT2D eigenvalue weighted by molar-refractivity contribution is 7.14. The summed E-state index contributed by atoms with van der Waals surface area (Å²) in [6, 6.07) is 13.7. The molecule has 2 aromatic heterocycles. The Hall–Kier alpha value is -2.79. The Labute approximate surface area is 160 Å². The predicted molar refractivity (Wildman–Crippen MR) is 109 cm³/mol. The van der Waals surface area contributed by atoms with Gasteiger partial charge in [-0.1, -0.05) is 18.2 Å². The second-order valence-electron chi connectivity index (χ2n) is 6.87. The first kappa shape index (κ1) is 16.4. The number of anilines is 1. The Balaban J connectivity index is 1.52. The number of aryl methyl sites for hydroxylation is 2. The number of rotatable bonds is 3. The van der Waals surface area contributed by atoms with Crippen LogP contribution in [-0.2, 0) is 12.8 Å². The van der Waals surface area contributed by atoms with Crippen molar-refractivity contribution in [2.45, 2.75) is 25.7 Å². The van der Waals surface area contributed by atoms with Crippen LogP contribution in [-0.4, -0.2) is 13.0 Å². The van der Waals surface area contributed by atoms with Crippen molar-refractivity contribution in [1.82, 2.24) is 0 Å². The molecule has 0 spiro atoms. The lowest BCUT2D eigenvalue weighted by atomic mass is 9.99. The van der Waals surface area contributed by atoms with Gasteiger partial charge in [0.15, 0.2) is 0 Å². The van der Waals surface area contributed by atoms with Crippen LogP contribution in [0, 0.1) is 0 Å². The van der Waals surface area contributed by atoms with Gasteiger partial charge >= 0.3 is 0 Å². The molecule has 1 amide bonds. The first-order valence-electron chi connectivity index (χ1n) is 9.15. The maximum Gasteiger partial charge on any atom is 0.265 e. The maximum atomic E-state index is 12.8. The van der Waals surface area contributed by atoms with Crippen molar-refractivity contribution in [2.24, 2.45) is 0 Å². The summed E-state index contributed by atoms with van der Waals surface area (Å²) in [5.41, 5.74) is 3.51. The summed E-state index contributed by atoms with van der Waals surface area (Å²) in [6.45, 7) is 0. The van der Waals surface area contributed by atoms with Crippen molar-refractivity contribution in [3.63, 3.8) is 0 Å². The Kier molecular flexibility index (Phi) is 3.90. The van der Waals surface area contributed by atoms with E-state index < -0.39 is 0 Å². The van der Waals surface area contributed by atoms with Gasteiger partial charge in [-0.05, 0) is 49.4 Å². The molecule has 5 heteroatoms. The number of ether oxygens (including phenoxy) is 1. The molecule has 4 aromatic rings. The number of nitrogens with one attached hydrogen (secondary N) is 1. The number of hydrogen-bond donors (Lipinski definition) is 1. The van der Waals surface area contributed by atoms with E-state index in [1.54, 1.807) is 18.4 Å². The minimum Gasteiger partial charge on any atom is -0.495 e. The number of furan rings is 1. The van der Waals surface area contributed by atoms with E-state index in [1.807, 2.05) is 42.5 Å². The Bertz CT molecular complexity index is 1150. The molecule has 1 aliphatic rings. The molecule has 5 rings (SSSR count). The van der Waals surface area contributed by atoms with Crippen LogP contribution >= 0.6 is 11.3 Å². The lowest BCUT2D eigenvalue weighted by Gasteiger charge is -2.09. The molecule has 0 saturated carbocycles. The number of fused-ring (bicyclic) bond motifs is 4. The minimum absolute atomic E-state index is 0.0943. The number of thiophene rings is 1. The van der Waals surface area contributed by atoms with Crippen molar-refractivity contribution in [1.29, 1.82) is 0 Å². The van der Waals surface area contributed by atoms with Crippen LogP contribution in [0.1, 0.15) is 33.0 Å². The number of para-hydroxylation sites is 1. The summed E-state index contributed by atoms with van der Waals surface area (Å²) < 4.78 is 11.5. The van der Waals surface area contributed by atoms with Crippen molar-refractivity contribution in [3.05, 3.63) is 57.8 Å². The van der Waals surface area contributed by atoms with Crippen LogP contribution in [0.2, 0.25) is 0 Å². The summed E-state index contributed by atoms with van der Waals surface area (Å²) >= 11 is 1.61. The largest absolute Gasteiger partial charge is 0.495 e. The fraction of sp³-hybridized carbons (Fsp3) is 0.227. The van der Waals surface area contributed by atoms with Crippen LogP contribution in [0.15, 0.2) is 46.9 Å². The molecule has 0 bridgehead atoms. The fourth-order valence-electron chi connectivity index (χ4n) is 3.80. The number of benzene rings is 2. The standard InChI is InChI=1S/C22H19NO3S/c1-25-19-11-15-14-7-3-4-8-17(14)26-18(15)12-16(19)23-22(24)21-10-13-6-2-5-9-20(13)27-21/h3-4,7-8,10-12H,2,5-6,9H2,1H3,(H,23,24).